The maximum atomic E-state index is 11.0. The molecule has 0 aromatic rings. The molecular formula is C21H36O5. The number of ether oxygens (including phenoxy) is 2. The van der Waals surface area contributed by atoms with Crippen LogP contribution in [0.2, 0.25) is 0 Å². The summed E-state index contributed by atoms with van der Waals surface area (Å²) in [4.78, 5) is 21.9. The molecular weight excluding hydrogens is 332 g/mol. The van der Waals surface area contributed by atoms with Crippen LogP contribution >= 0.6 is 0 Å². The van der Waals surface area contributed by atoms with Gasteiger partial charge in [-0.25, -0.2) is 0 Å². The van der Waals surface area contributed by atoms with Crippen LogP contribution in [0, 0.1) is 10.8 Å². The molecule has 2 aliphatic rings. The van der Waals surface area contributed by atoms with E-state index in [-0.39, 0.29) is 41.1 Å². The monoisotopic (exact) mass is 368 g/mol. The fraction of sp³-hybridized carbons (Fsp3) is 0.905. The lowest BCUT2D eigenvalue weighted by atomic mass is 9.77. The molecule has 2 fully saturated rings. The van der Waals surface area contributed by atoms with E-state index in [0.29, 0.717) is 12.8 Å². The summed E-state index contributed by atoms with van der Waals surface area (Å²) in [6.07, 6.45) is 8.84. The molecule has 2 rings (SSSR count). The molecule has 0 radical (unpaired) electrons. The highest BCUT2D eigenvalue weighted by molar-refractivity contribution is 5.75. The summed E-state index contributed by atoms with van der Waals surface area (Å²) in [5.74, 6) is -0.172. The molecule has 150 valence electrons. The molecule has 2 unspecified atom stereocenters. The first-order valence-corrected chi connectivity index (χ1v) is 10.2. The van der Waals surface area contributed by atoms with Crippen LogP contribution in [0.3, 0.4) is 0 Å². The van der Waals surface area contributed by atoms with Crippen LogP contribution in [-0.2, 0) is 19.1 Å². The van der Waals surface area contributed by atoms with Gasteiger partial charge in [-0.2, -0.15) is 0 Å². The molecule has 0 aromatic carbocycles. The van der Waals surface area contributed by atoms with Gasteiger partial charge in [-0.3, -0.25) is 9.59 Å². The van der Waals surface area contributed by atoms with E-state index in [1.54, 1.807) is 0 Å². The van der Waals surface area contributed by atoms with Crippen molar-refractivity contribution in [1.82, 2.24) is 0 Å². The van der Waals surface area contributed by atoms with Gasteiger partial charge in [0.15, 0.2) is 0 Å². The molecule has 2 aliphatic heterocycles. The Kier molecular flexibility index (Phi) is 7.12. The molecule has 0 amide bonds. The first kappa shape index (κ1) is 21.2. The van der Waals surface area contributed by atoms with Gasteiger partial charge in [0.1, 0.15) is 12.2 Å². The molecule has 26 heavy (non-hydrogen) atoms. The Morgan fingerprint density at radius 2 is 1.19 bits per heavy atom. The minimum Gasteiger partial charge on any atom is -0.461 e. The van der Waals surface area contributed by atoms with Gasteiger partial charge in [0, 0.05) is 10.8 Å². The molecule has 0 aliphatic carbocycles. The van der Waals surface area contributed by atoms with Crippen molar-refractivity contribution >= 4 is 11.9 Å². The van der Waals surface area contributed by atoms with Crippen LogP contribution in [0.15, 0.2) is 0 Å². The lowest BCUT2D eigenvalue weighted by Crippen LogP contribution is -2.44. The van der Waals surface area contributed by atoms with Crippen molar-refractivity contribution in [3.8, 4) is 0 Å². The molecule has 5 heteroatoms. The Morgan fingerprint density at radius 3 is 1.50 bits per heavy atom. The highest BCUT2D eigenvalue weighted by Gasteiger charge is 2.41. The van der Waals surface area contributed by atoms with Crippen molar-refractivity contribution in [3.63, 3.8) is 0 Å². The van der Waals surface area contributed by atoms with Gasteiger partial charge in [-0.15, -0.1) is 0 Å². The maximum Gasteiger partial charge on any atom is 0.309 e. The van der Waals surface area contributed by atoms with Gasteiger partial charge < -0.3 is 14.6 Å². The summed E-state index contributed by atoms with van der Waals surface area (Å²) in [6.45, 7) is 8.62. The van der Waals surface area contributed by atoms with Crippen molar-refractivity contribution in [2.75, 3.05) is 0 Å². The molecule has 0 aromatic heterocycles. The van der Waals surface area contributed by atoms with Crippen molar-refractivity contribution in [1.29, 1.82) is 0 Å². The second kappa shape index (κ2) is 8.73. The number of aliphatic hydroxyl groups excluding tert-OH is 1. The summed E-state index contributed by atoms with van der Waals surface area (Å²) >= 11 is 0. The number of cyclic esters (lactones) is 2. The predicted molar refractivity (Wildman–Crippen MR) is 99.5 cm³/mol. The largest absolute Gasteiger partial charge is 0.461 e. The van der Waals surface area contributed by atoms with Gasteiger partial charge in [-0.1, -0.05) is 53.4 Å². The molecule has 2 heterocycles. The van der Waals surface area contributed by atoms with E-state index in [4.69, 9.17) is 9.47 Å². The summed E-state index contributed by atoms with van der Waals surface area (Å²) < 4.78 is 10.4. The van der Waals surface area contributed by atoms with Crippen LogP contribution in [0.25, 0.3) is 0 Å². The summed E-state index contributed by atoms with van der Waals surface area (Å²) in [7, 11) is 0. The number of aliphatic hydroxyl groups is 1. The van der Waals surface area contributed by atoms with Gasteiger partial charge in [-0.05, 0) is 25.7 Å². The average Bonchev–Trinajstić information content (AvgIpc) is 2.49. The highest BCUT2D eigenvalue weighted by atomic mass is 16.6. The van der Waals surface area contributed by atoms with Crippen LogP contribution in [-0.4, -0.2) is 35.4 Å². The molecule has 0 saturated carbocycles. The number of hydrogen-bond acceptors (Lipinski definition) is 5. The fourth-order valence-corrected chi connectivity index (χ4v) is 3.86. The third-order valence-corrected chi connectivity index (χ3v) is 6.21. The Morgan fingerprint density at radius 1 is 0.846 bits per heavy atom. The molecule has 2 atom stereocenters. The minimum absolute atomic E-state index is 0.0371. The van der Waals surface area contributed by atoms with E-state index in [1.807, 2.05) is 0 Å². The van der Waals surface area contributed by atoms with E-state index >= 15 is 0 Å². The number of rotatable bonds is 12. The van der Waals surface area contributed by atoms with Crippen LogP contribution in [0.1, 0.15) is 91.9 Å². The third-order valence-electron chi connectivity index (χ3n) is 6.21. The summed E-state index contributed by atoms with van der Waals surface area (Å²) in [5.41, 5.74) is 0.0743. The van der Waals surface area contributed by atoms with Gasteiger partial charge >= 0.3 is 11.9 Å². The Labute approximate surface area is 157 Å². The lowest BCUT2D eigenvalue weighted by Gasteiger charge is -2.39. The Balaban J connectivity index is 1.49. The van der Waals surface area contributed by atoms with Crippen LogP contribution in [0.4, 0.5) is 0 Å². The van der Waals surface area contributed by atoms with Crippen LogP contribution < -0.4 is 0 Å². The lowest BCUT2D eigenvalue weighted by molar-refractivity contribution is -0.182. The van der Waals surface area contributed by atoms with Crippen molar-refractivity contribution < 1.29 is 24.2 Å². The zero-order valence-corrected chi connectivity index (χ0v) is 16.9. The zero-order valence-electron chi connectivity index (χ0n) is 16.9. The molecule has 2 saturated heterocycles. The van der Waals surface area contributed by atoms with E-state index < -0.39 is 0 Å². The molecule has 0 bridgehead atoms. The predicted octanol–water partition coefficient (Wildman–Crippen LogP) is 4.15. The topological polar surface area (TPSA) is 72.8 Å². The van der Waals surface area contributed by atoms with Gasteiger partial charge in [0.05, 0.1) is 18.9 Å². The van der Waals surface area contributed by atoms with Crippen molar-refractivity contribution in [3.05, 3.63) is 0 Å². The van der Waals surface area contributed by atoms with Gasteiger partial charge in [0.2, 0.25) is 0 Å². The standard InChI is InChI=1S/C21H36O5/c1-20(2,16-13-18(23)25-16)11-7-5-9-15(22)10-6-8-12-21(3,4)17-14-19(24)26-17/h15-17,22H,5-14H2,1-4H3. The molecule has 5 nitrogen and oxygen atoms in total. The van der Waals surface area contributed by atoms with E-state index in [2.05, 4.69) is 27.7 Å². The fourth-order valence-electron chi connectivity index (χ4n) is 3.86. The SMILES string of the molecule is CC(C)(CCCCC(O)CCCCC(C)(C)C1CC(=O)O1)C1CC(=O)O1. The number of carbonyl (C=O) groups excluding carboxylic acids is 2. The Bertz CT molecular complexity index is 437. The summed E-state index contributed by atoms with van der Waals surface area (Å²) in [6, 6.07) is 0. The maximum absolute atomic E-state index is 11.0. The van der Waals surface area contributed by atoms with Crippen LogP contribution in [0.5, 0.6) is 0 Å². The number of hydrogen-bond donors (Lipinski definition) is 1. The van der Waals surface area contributed by atoms with Crippen molar-refractivity contribution in [2.24, 2.45) is 10.8 Å². The second-order valence-electron chi connectivity index (χ2n) is 9.49. The number of carbonyl (C=O) groups is 2. The highest BCUT2D eigenvalue weighted by Crippen LogP contribution is 2.38. The number of unbranched alkanes of at least 4 members (excludes halogenated alkanes) is 2. The first-order chi connectivity index (χ1) is 12.1. The molecule has 0 spiro atoms. The van der Waals surface area contributed by atoms with Crippen molar-refractivity contribution in [2.45, 2.75) is 110 Å². The smallest absolute Gasteiger partial charge is 0.309 e. The minimum atomic E-state index is -0.232. The second-order valence-corrected chi connectivity index (χ2v) is 9.49. The average molecular weight is 369 g/mol. The zero-order chi connectivity index (χ0) is 19.4. The molecule has 1 N–H and O–H groups in total. The van der Waals surface area contributed by atoms with E-state index in [1.165, 1.54) is 0 Å². The quantitative estimate of drug-likeness (QED) is 0.414. The summed E-state index contributed by atoms with van der Waals surface area (Å²) in [5, 5.41) is 10.2. The van der Waals surface area contributed by atoms with E-state index in [0.717, 1.165) is 51.4 Å². The normalized spacial score (nSPS) is 24.3. The number of esters is 2. The van der Waals surface area contributed by atoms with Gasteiger partial charge in [0.25, 0.3) is 0 Å². The third kappa shape index (κ3) is 5.97. The Hall–Kier alpha value is -1.10. The first-order valence-electron chi connectivity index (χ1n) is 10.2. The van der Waals surface area contributed by atoms with E-state index in [9.17, 15) is 14.7 Å².